The minimum absolute atomic E-state index is 0.0843. The topological polar surface area (TPSA) is 81.1 Å². The predicted molar refractivity (Wildman–Crippen MR) is 82.6 cm³/mol. The molecule has 2 aromatic carbocycles. The Morgan fingerprint density at radius 3 is 2.40 bits per heavy atom. The number of carbonyl (C=O) groups excluding carboxylic acids is 1. The maximum absolute atomic E-state index is 11.2. The van der Waals surface area contributed by atoms with Crippen LogP contribution in [0.2, 0.25) is 0 Å². The Hall–Kier alpha value is -2.49. The van der Waals surface area contributed by atoms with E-state index < -0.39 is 5.91 Å². The molecule has 0 aliphatic carbocycles. The summed E-state index contributed by atoms with van der Waals surface area (Å²) in [7, 11) is 0. The first kappa shape index (κ1) is 13.9. The third-order valence-electron chi connectivity index (χ3n) is 3.29. The van der Waals surface area contributed by atoms with Gasteiger partial charge in [-0.05, 0) is 37.6 Å². The van der Waals surface area contributed by atoms with Gasteiger partial charge in [0.25, 0.3) is 0 Å². The Bertz CT molecular complexity index is 620. The standard InChI is InChI=1S/C16H19N3O/c1-10-3-5-12(6-4-10)11(2)19-15-9-13(16(18)20)7-8-14(15)17/h3-9,11,19H,17H2,1-2H3,(H2,18,20). The molecular formula is C16H19N3O. The van der Waals surface area contributed by atoms with E-state index in [1.54, 1.807) is 18.2 Å². The lowest BCUT2D eigenvalue weighted by Gasteiger charge is -2.18. The molecule has 4 heteroatoms. The quantitative estimate of drug-likeness (QED) is 0.746. The smallest absolute Gasteiger partial charge is 0.248 e. The van der Waals surface area contributed by atoms with Crippen LogP contribution >= 0.6 is 0 Å². The second kappa shape index (κ2) is 5.65. The summed E-state index contributed by atoms with van der Waals surface area (Å²) in [6.07, 6.45) is 0. The normalized spacial score (nSPS) is 11.9. The molecular weight excluding hydrogens is 250 g/mol. The van der Waals surface area contributed by atoms with E-state index in [0.717, 1.165) is 11.3 Å². The fourth-order valence-corrected chi connectivity index (χ4v) is 2.01. The zero-order valence-corrected chi connectivity index (χ0v) is 11.7. The molecule has 0 saturated carbocycles. The molecule has 1 unspecified atom stereocenters. The van der Waals surface area contributed by atoms with Gasteiger partial charge >= 0.3 is 0 Å². The second-order valence-corrected chi connectivity index (χ2v) is 4.94. The predicted octanol–water partition coefficient (Wildman–Crippen LogP) is 2.85. The number of primary amides is 1. The summed E-state index contributed by atoms with van der Waals surface area (Å²) >= 11 is 0. The lowest BCUT2D eigenvalue weighted by Crippen LogP contribution is -2.13. The Morgan fingerprint density at radius 1 is 1.15 bits per heavy atom. The summed E-state index contributed by atoms with van der Waals surface area (Å²) in [6.45, 7) is 4.09. The molecule has 20 heavy (non-hydrogen) atoms. The maximum Gasteiger partial charge on any atom is 0.248 e. The van der Waals surface area contributed by atoms with Crippen molar-refractivity contribution in [2.45, 2.75) is 19.9 Å². The van der Waals surface area contributed by atoms with Crippen molar-refractivity contribution in [2.75, 3.05) is 11.1 Å². The summed E-state index contributed by atoms with van der Waals surface area (Å²) < 4.78 is 0. The number of nitrogens with two attached hydrogens (primary N) is 2. The van der Waals surface area contributed by atoms with Crippen LogP contribution < -0.4 is 16.8 Å². The van der Waals surface area contributed by atoms with E-state index >= 15 is 0 Å². The minimum Gasteiger partial charge on any atom is -0.397 e. The Kier molecular flexibility index (Phi) is 3.94. The van der Waals surface area contributed by atoms with Crippen LogP contribution in [0.25, 0.3) is 0 Å². The van der Waals surface area contributed by atoms with Gasteiger partial charge in [0.1, 0.15) is 0 Å². The molecule has 2 aromatic rings. The number of carbonyl (C=O) groups is 1. The van der Waals surface area contributed by atoms with Crippen molar-refractivity contribution in [3.05, 3.63) is 59.2 Å². The number of nitrogen functional groups attached to an aromatic ring is 1. The number of hydrogen-bond donors (Lipinski definition) is 3. The summed E-state index contributed by atoms with van der Waals surface area (Å²) in [5.41, 5.74) is 15.3. The van der Waals surface area contributed by atoms with E-state index in [-0.39, 0.29) is 6.04 Å². The van der Waals surface area contributed by atoms with Gasteiger partial charge in [0.2, 0.25) is 5.91 Å². The molecule has 0 fully saturated rings. The highest BCUT2D eigenvalue weighted by Gasteiger charge is 2.09. The highest BCUT2D eigenvalue weighted by atomic mass is 16.1. The average molecular weight is 269 g/mol. The number of benzene rings is 2. The molecule has 1 amide bonds. The first-order valence-corrected chi connectivity index (χ1v) is 6.50. The molecule has 0 aliphatic rings. The van der Waals surface area contributed by atoms with E-state index in [4.69, 9.17) is 11.5 Å². The van der Waals surface area contributed by atoms with Crippen LogP contribution in [0.1, 0.15) is 34.5 Å². The maximum atomic E-state index is 11.2. The number of aryl methyl sites for hydroxylation is 1. The lowest BCUT2D eigenvalue weighted by atomic mass is 10.1. The number of amides is 1. The zero-order valence-electron chi connectivity index (χ0n) is 11.7. The van der Waals surface area contributed by atoms with Crippen molar-refractivity contribution in [1.82, 2.24) is 0 Å². The minimum atomic E-state index is -0.462. The fourth-order valence-electron chi connectivity index (χ4n) is 2.01. The molecule has 4 nitrogen and oxygen atoms in total. The van der Waals surface area contributed by atoms with Crippen molar-refractivity contribution < 1.29 is 4.79 Å². The molecule has 5 N–H and O–H groups in total. The molecule has 0 spiro atoms. The van der Waals surface area contributed by atoms with Crippen LogP contribution in [0.3, 0.4) is 0 Å². The molecule has 0 aromatic heterocycles. The van der Waals surface area contributed by atoms with Crippen LogP contribution in [-0.4, -0.2) is 5.91 Å². The molecule has 0 saturated heterocycles. The van der Waals surface area contributed by atoms with E-state index in [1.807, 2.05) is 6.92 Å². The molecule has 104 valence electrons. The molecule has 0 heterocycles. The first-order valence-electron chi connectivity index (χ1n) is 6.50. The SMILES string of the molecule is Cc1ccc(C(C)Nc2cc(C(N)=O)ccc2N)cc1. The van der Waals surface area contributed by atoms with Crippen LogP contribution in [0.4, 0.5) is 11.4 Å². The van der Waals surface area contributed by atoms with Crippen molar-refractivity contribution in [2.24, 2.45) is 5.73 Å². The van der Waals surface area contributed by atoms with Gasteiger partial charge in [-0.2, -0.15) is 0 Å². The second-order valence-electron chi connectivity index (χ2n) is 4.94. The van der Waals surface area contributed by atoms with Crippen molar-refractivity contribution in [1.29, 1.82) is 0 Å². The van der Waals surface area contributed by atoms with Gasteiger partial charge in [0, 0.05) is 11.6 Å². The molecule has 0 radical (unpaired) electrons. The summed E-state index contributed by atoms with van der Waals surface area (Å²) in [5, 5.41) is 3.31. The highest BCUT2D eigenvalue weighted by Crippen LogP contribution is 2.25. The first-order chi connectivity index (χ1) is 9.47. The van der Waals surface area contributed by atoms with Gasteiger partial charge in [-0.25, -0.2) is 0 Å². The van der Waals surface area contributed by atoms with Crippen LogP contribution in [0.15, 0.2) is 42.5 Å². The Morgan fingerprint density at radius 2 is 1.80 bits per heavy atom. The van der Waals surface area contributed by atoms with E-state index in [1.165, 1.54) is 5.56 Å². The van der Waals surface area contributed by atoms with Gasteiger partial charge in [0.15, 0.2) is 0 Å². The van der Waals surface area contributed by atoms with E-state index in [0.29, 0.717) is 11.3 Å². The van der Waals surface area contributed by atoms with Crippen molar-refractivity contribution in [3.8, 4) is 0 Å². The number of rotatable bonds is 4. The molecule has 0 bridgehead atoms. The summed E-state index contributed by atoms with van der Waals surface area (Å²) in [6, 6.07) is 13.3. The molecule has 2 rings (SSSR count). The number of nitrogens with one attached hydrogen (secondary N) is 1. The van der Waals surface area contributed by atoms with Gasteiger partial charge in [-0.1, -0.05) is 29.8 Å². The molecule has 1 atom stereocenters. The van der Waals surface area contributed by atoms with E-state index in [9.17, 15) is 4.79 Å². The largest absolute Gasteiger partial charge is 0.397 e. The van der Waals surface area contributed by atoms with Crippen molar-refractivity contribution >= 4 is 17.3 Å². The summed E-state index contributed by atoms with van der Waals surface area (Å²) in [5.74, 6) is -0.462. The lowest BCUT2D eigenvalue weighted by molar-refractivity contribution is 0.100. The zero-order chi connectivity index (χ0) is 14.7. The number of anilines is 2. The van der Waals surface area contributed by atoms with Gasteiger partial charge in [0.05, 0.1) is 11.4 Å². The van der Waals surface area contributed by atoms with Gasteiger partial charge in [-0.15, -0.1) is 0 Å². The molecule has 0 aliphatic heterocycles. The van der Waals surface area contributed by atoms with Gasteiger partial charge in [-0.3, -0.25) is 4.79 Å². The third-order valence-corrected chi connectivity index (χ3v) is 3.29. The van der Waals surface area contributed by atoms with Crippen LogP contribution in [-0.2, 0) is 0 Å². The monoisotopic (exact) mass is 269 g/mol. The Labute approximate surface area is 118 Å². The van der Waals surface area contributed by atoms with Crippen LogP contribution in [0, 0.1) is 6.92 Å². The average Bonchev–Trinajstić information content (AvgIpc) is 2.41. The highest BCUT2D eigenvalue weighted by molar-refractivity contribution is 5.94. The van der Waals surface area contributed by atoms with E-state index in [2.05, 4.69) is 36.5 Å². The fraction of sp³-hybridized carbons (Fsp3) is 0.188. The van der Waals surface area contributed by atoms with Crippen molar-refractivity contribution in [3.63, 3.8) is 0 Å². The summed E-state index contributed by atoms with van der Waals surface area (Å²) in [4.78, 5) is 11.2. The number of hydrogen-bond acceptors (Lipinski definition) is 3. The Balaban J connectivity index is 2.22. The third kappa shape index (κ3) is 3.09. The van der Waals surface area contributed by atoms with Crippen LogP contribution in [0.5, 0.6) is 0 Å². The van der Waals surface area contributed by atoms with Gasteiger partial charge < -0.3 is 16.8 Å².